The van der Waals surface area contributed by atoms with Crippen LogP contribution >= 0.6 is 23.8 Å². The molecule has 0 radical (unpaired) electrons. The summed E-state index contributed by atoms with van der Waals surface area (Å²) in [6.07, 6.45) is 2.44. The molecule has 1 saturated heterocycles. The van der Waals surface area contributed by atoms with Gasteiger partial charge < -0.3 is 10.6 Å². The molecule has 1 heterocycles. The van der Waals surface area contributed by atoms with Gasteiger partial charge in [-0.05, 0) is 56.3 Å². The van der Waals surface area contributed by atoms with Crippen molar-refractivity contribution in [1.29, 1.82) is 0 Å². The molecule has 0 saturated carbocycles. The van der Waals surface area contributed by atoms with E-state index < -0.39 is 5.82 Å². The summed E-state index contributed by atoms with van der Waals surface area (Å²) >= 11 is 11.0. The standard InChI is InChI=1S/C14H19ClFN3S/c1-2-19-7-3-4-11(19)9-17-14(20)18-10-5-6-13(16)12(15)8-10/h5-6,8,11H,2-4,7,9H2,1H3,(H2,17,18,20)/t11-/m1/s1. The van der Waals surface area contributed by atoms with Crippen LogP contribution in [0.25, 0.3) is 0 Å². The number of thiocarbonyl (C=S) groups is 1. The third-order valence-corrected chi connectivity index (χ3v) is 4.12. The Morgan fingerprint density at radius 2 is 2.35 bits per heavy atom. The minimum absolute atomic E-state index is 0.0887. The zero-order valence-corrected chi connectivity index (χ0v) is 13.0. The van der Waals surface area contributed by atoms with E-state index >= 15 is 0 Å². The highest BCUT2D eigenvalue weighted by molar-refractivity contribution is 7.80. The smallest absolute Gasteiger partial charge is 0.170 e. The number of halogens is 2. The van der Waals surface area contributed by atoms with Crippen LogP contribution in [-0.2, 0) is 0 Å². The fourth-order valence-corrected chi connectivity index (χ4v) is 2.88. The van der Waals surface area contributed by atoms with Gasteiger partial charge in [0.2, 0.25) is 0 Å². The first-order valence-corrected chi connectivity index (χ1v) is 7.62. The van der Waals surface area contributed by atoms with Gasteiger partial charge in [-0.3, -0.25) is 4.90 Å². The molecule has 1 aromatic rings. The number of nitrogens with zero attached hydrogens (tertiary/aromatic N) is 1. The van der Waals surface area contributed by atoms with Gasteiger partial charge in [-0.15, -0.1) is 0 Å². The van der Waals surface area contributed by atoms with Gasteiger partial charge >= 0.3 is 0 Å². The van der Waals surface area contributed by atoms with Gasteiger partial charge in [0, 0.05) is 18.3 Å². The molecule has 3 nitrogen and oxygen atoms in total. The minimum atomic E-state index is -0.430. The average Bonchev–Trinajstić information content (AvgIpc) is 2.88. The number of likely N-dealkylation sites (N-methyl/N-ethyl adjacent to an activating group) is 1. The molecule has 110 valence electrons. The molecular formula is C14H19ClFN3S. The van der Waals surface area contributed by atoms with Gasteiger partial charge in [-0.1, -0.05) is 18.5 Å². The molecule has 1 aliphatic rings. The molecule has 2 N–H and O–H groups in total. The highest BCUT2D eigenvalue weighted by atomic mass is 35.5. The van der Waals surface area contributed by atoms with Gasteiger partial charge in [0.25, 0.3) is 0 Å². The first-order chi connectivity index (χ1) is 9.60. The molecule has 1 aliphatic heterocycles. The summed E-state index contributed by atoms with van der Waals surface area (Å²) in [6, 6.07) is 5.00. The summed E-state index contributed by atoms with van der Waals surface area (Å²) in [6.45, 7) is 5.24. The zero-order chi connectivity index (χ0) is 14.5. The Balaban J connectivity index is 1.81. The SMILES string of the molecule is CCN1CCC[C@@H]1CNC(=S)Nc1ccc(F)c(Cl)c1. The van der Waals surface area contributed by atoms with Crippen LogP contribution in [0.4, 0.5) is 10.1 Å². The number of nitrogens with one attached hydrogen (secondary N) is 2. The molecule has 0 unspecified atom stereocenters. The molecule has 1 fully saturated rings. The molecule has 20 heavy (non-hydrogen) atoms. The average molecular weight is 316 g/mol. The summed E-state index contributed by atoms with van der Waals surface area (Å²) in [5, 5.41) is 6.86. The molecule has 1 atom stereocenters. The lowest BCUT2D eigenvalue weighted by Crippen LogP contribution is -2.41. The summed E-state index contributed by atoms with van der Waals surface area (Å²) in [4.78, 5) is 2.45. The van der Waals surface area contributed by atoms with Gasteiger partial charge in [-0.25, -0.2) is 4.39 Å². The Morgan fingerprint density at radius 1 is 1.55 bits per heavy atom. The predicted octanol–water partition coefficient (Wildman–Crippen LogP) is 3.25. The number of benzene rings is 1. The molecule has 1 aromatic carbocycles. The van der Waals surface area contributed by atoms with E-state index in [9.17, 15) is 4.39 Å². The third-order valence-electron chi connectivity index (χ3n) is 3.58. The van der Waals surface area contributed by atoms with Crippen LogP contribution < -0.4 is 10.6 Å². The first kappa shape index (κ1) is 15.5. The summed E-state index contributed by atoms with van der Waals surface area (Å²) in [5.74, 6) is -0.430. The van der Waals surface area contributed by atoms with Crippen molar-refractivity contribution in [2.75, 3.05) is 25.0 Å². The van der Waals surface area contributed by atoms with E-state index in [1.165, 1.54) is 25.0 Å². The lowest BCUT2D eigenvalue weighted by Gasteiger charge is -2.23. The maximum atomic E-state index is 13.1. The number of hydrogen-bond acceptors (Lipinski definition) is 2. The highest BCUT2D eigenvalue weighted by Gasteiger charge is 2.22. The van der Waals surface area contributed by atoms with Crippen molar-refractivity contribution in [1.82, 2.24) is 10.2 Å². The van der Waals surface area contributed by atoms with Crippen LogP contribution in [-0.4, -0.2) is 35.7 Å². The van der Waals surface area contributed by atoms with Crippen molar-refractivity contribution in [2.45, 2.75) is 25.8 Å². The van der Waals surface area contributed by atoms with Crippen molar-refractivity contribution >= 4 is 34.6 Å². The molecule has 2 rings (SSSR count). The number of rotatable bonds is 4. The van der Waals surface area contributed by atoms with Gasteiger partial charge in [-0.2, -0.15) is 0 Å². The molecule has 0 spiro atoms. The Bertz CT molecular complexity index is 483. The van der Waals surface area contributed by atoms with Gasteiger partial charge in [0.1, 0.15) is 5.82 Å². The summed E-state index contributed by atoms with van der Waals surface area (Å²) < 4.78 is 13.1. The molecule has 0 bridgehead atoms. The van der Waals surface area contributed by atoms with Gasteiger partial charge in [0.15, 0.2) is 5.11 Å². The Labute approximate surface area is 129 Å². The van der Waals surface area contributed by atoms with Crippen molar-refractivity contribution in [3.05, 3.63) is 29.0 Å². The van der Waals surface area contributed by atoms with E-state index in [1.54, 1.807) is 6.07 Å². The van der Waals surface area contributed by atoms with E-state index in [2.05, 4.69) is 22.5 Å². The Morgan fingerprint density at radius 3 is 3.05 bits per heavy atom. The Hall–Kier alpha value is -0.910. The monoisotopic (exact) mass is 315 g/mol. The summed E-state index contributed by atoms with van der Waals surface area (Å²) in [5.41, 5.74) is 0.688. The predicted molar refractivity (Wildman–Crippen MR) is 85.9 cm³/mol. The molecule has 6 heteroatoms. The van der Waals surface area contributed by atoms with Gasteiger partial charge in [0.05, 0.1) is 5.02 Å². The van der Waals surface area contributed by atoms with Crippen LogP contribution in [0.15, 0.2) is 18.2 Å². The number of hydrogen-bond donors (Lipinski definition) is 2. The maximum absolute atomic E-state index is 13.1. The highest BCUT2D eigenvalue weighted by Crippen LogP contribution is 2.19. The van der Waals surface area contributed by atoms with E-state index in [4.69, 9.17) is 23.8 Å². The third kappa shape index (κ3) is 4.04. The van der Waals surface area contributed by atoms with Crippen molar-refractivity contribution < 1.29 is 4.39 Å². The van der Waals surface area contributed by atoms with E-state index in [0.717, 1.165) is 19.6 Å². The lowest BCUT2D eigenvalue weighted by atomic mass is 10.2. The van der Waals surface area contributed by atoms with Crippen LogP contribution in [0, 0.1) is 5.82 Å². The molecular weight excluding hydrogens is 297 g/mol. The second-order valence-corrected chi connectivity index (χ2v) is 5.70. The molecule has 0 amide bonds. The van der Waals surface area contributed by atoms with Crippen LogP contribution in [0.1, 0.15) is 19.8 Å². The quantitative estimate of drug-likeness (QED) is 0.834. The first-order valence-electron chi connectivity index (χ1n) is 6.84. The van der Waals surface area contributed by atoms with Crippen molar-refractivity contribution in [2.24, 2.45) is 0 Å². The van der Waals surface area contributed by atoms with Crippen LogP contribution in [0.5, 0.6) is 0 Å². The number of anilines is 1. The minimum Gasteiger partial charge on any atom is -0.361 e. The van der Waals surface area contributed by atoms with E-state index in [-0.39, 0.29) is 5.02 Å². The largest absolute Gasteiger partial charge is 0.361 e. The number of likely N-dealkylation sites (tertiary alicyclic amines) is 1. The van der Waals surface area contributed by atoms with E-state index in [1.807, 2.05) is 0 Å². The maximum Gasteiger partial charge on any atom is 0.170 e. The molecule has 0 aromatic heterocycles. The summed E-state index contributed by atoms with van der Waals surface area (Å²) in [7, 11) is 0. The molecule has 0 aliphatic carbocycles. The fourth-order valence-electron chi connectivity index (χ4n) is 2.50. The zero-order valence-electron chi connectivity index (χ0n) is 11.5. The Kier molecular flexibility index (Phi) is 5.57. The topological polar surface area (TPSA) is 27.3 Å². The lowest BCUT2D eigenvalue weighted by molar-refractivity contribution is 0.267. The van der Waals surface area contributed by atoms with Crippen LogP contribution in [0.3, 0.4) is 0 Å². The fraction of sp³-hybridized carbons (Fsp3) is 0.500. The van der Waals surface area contributed by atoms with E-state index in [0.29, 0.717) is 16.8 Å². The van der Waals surface area contributed by atoms with Crippen LogP contribution in [0.2, 0.25) is 5.02 Å². The second-order valence-electron chi connectivity index (χ2n) is 4.89. The second kappa shape index (κ2) is 7.20. The normalized spacial score (nSPS) is 19.1. The van der Waals surface area contributed by atoms with Crippen molar-refractivity contribution in [3.63, 3.8) is 0 Å². The van der Waals surface area contributed by atoms with Crippen molar-refractivity contribution in [3.8, 4) is 0 Å².